The van der Waals surface area contributed by atoms with E-state index in [9.17, 15) is 0 Å². The summed E-state index contributed by atoms with van der Waals surface area (Å²) in [6.07, 6.45) is 5.89. The second-order valence-corrected chi connectivity index (χ2v) is 14.8. The molecule has 1 fully saturated rings. The maximum atomic E-state index is 7.29. The van der Waals surface area contributed by atoms with Gasteiger partial charge >= 0.3 is 0 Å². The van der Waals surface area contributed by atoms with Gasteiger partial charge in [-0.1, -0.05) is 106 Å². The van der Waals surface area contributed by atoms with Crippen molar-refractivity contribution in [1.29, 1.82) is 0 Å². The third kappa shape index (κ3) is 4.09. The van der Waals surface area contributed by atoms with E-state index in [1.807, 2.05) is 0 Å². The van der Waals surface area contributed by atoms with Gasteiger partial charge in [0.15, 0.2) is 0 Å². The maximum absolute atomic E-state index is 7.29. The van der Waals surface area contributed by atoms with Crippen LogP contribution in [0.2, 0.25) is 5.04 Å². The minimum atomic E-state index is -2.50. The molecule has 0 saturated carbocycles. The monoisotopic (exact) mass is 453 g/mol. The zero-order valence-electron chi connectivity index (χ0n) is 20.1. The first-order valence-corrected chi connectivity index (χ1v) is 14.2. The number of benzene rings is 3. The molecule has 0 N–H and O–H groups in total. The van der Waals surface area contributed by atoms with E-state index in [0.29, 0.717) is 6.04 Å². The second-order valence-electron chi connectivity index (χ2n) is 10.5. The fraction of sp³-hybridized carbons (Fsp3) is 0.333. The quantitative estimate of drug-likeness (QED) is 0.449. The van der Waals surface area contributed by atoms with Gasteiger partial charge in [-0.15, -0.1) is 0 Å². The van der Waals surface area contributed by atoms with E-state index in [2.05, 4.69) is 117 Å². The highest BCUT2D eigenvalue weighted by atomic mass is 28.4. The Morgan fingerprint density at radius 2 is 1.45 bits per heavy atom. The van der Waals surface area contributed by atoms with Crippen LogP contribution in [0.1, 0.15) is 44.7 Å². The first kappa shape index (κ1) is 22.2. The van der Waals surface area contributed by atoms with Crippen molar-refractivity contribution in [1.82, 2.24) is 4.90 Å². The van der Waals surface area contributed by atoms with Crippen LogP contribution < -0.4 is 10.4 Å². The number of likely N-dealkylation sites (tertiary alicyclic amines) is 1. The Morgan fingerprint density at radius 3 is 2.06 bits per heavy atom. The first-order valence-electron chi connectivity index (χ1n) is 12.3. The Bertz CT molecular complexity index is 1080. The summed E-state index contributed by atoms with van der Waals surface area (Å²) < 4.78 is 7.29. The van der Waals surface area contributed by atoms with Crippen LogP contribution >= 0.6 is 0 Å². The topological polar surface area (TPSA) is 12.5 Å². The summed E-state index contributed by atoms with van der Waals surface area (Å²) in [7, 11) is -2.50. The molecular formula is C30H35NOSi. The summed E-state index contributed by atoms with van der Waals surface area (Å²) in [6.45, 7) is 9.00. The van der Waals surface area contributed by atoms with E-state index < -0.39 is 8.32 Å². The highest BCUT2D eigenvalue weighted by molar-refractivity contribution is 6.99. The third-order valence-corrected chi connectivity index (χ3v) is 12.4. The second kappa shape index (κ2) is 8.96. The number of fused-ring (bicyclic) bond motifs is 1. The van der Waals surface area contributed by atoms with Gasteiger partial charge in [-0.05, 0) is 45.5 Å². The summed E-state index contributed by atoms with van der Waals surface area (Å²) in [5, 5.41) is 2.74. The van der Waals surface area contributed by atoms with E-state index in [0.717, 1.165) is 19.6 Å². The molecule has 3 aromatic carbocycles. The average Bonchev–Trinajstić information content (AvgIpc) is 3.46. The van der Waals surface area contributed by atoms with Gasteiger partial charge in [-0.25, -0.2) is 0 Å². The molecule has 0 bridgehead atoms. The number of rotatable bonds is 6. The lowest BCUT2D eigenvalue weighted by Gasteiger charge is -2.44. The minimum absolute atomic E-state index is 0.0159. The van der Waals surface area contributed by atoms with E-state index in [4.69, 9.17) is 4.43 Å². The van der Waals surface area contributed by atoms with Crippen LogP contribution in [0.15, 0.2) is 90.6 Å². The lowest BCUT2D eigenvalue weighted by atomic mass is 10.1. The molecule has 5 rings (SSSR count). The van der Waals surface area contributed by atoms with Crippen LogP contribution in [0, 0.1) is 0 Å². The molecule has 3 heteroatoms. The molecule has 1 heterocycles. The van der Waals surface area contributed by atoms with Crippen LogP contribution in [-0.4, -0.2) is 32.4 Å². The zero-order valence-corrected chi connectivity index (χ0v) is 21.1. The van der Waals surface area contributed by atoms with Crippen molar-refractivity contribution in [3.8, 4) is 0 Å². The van der Waals surface area contributed by atoms with E-state index in [1.54, 1.807) is 0 Å². The Hall–Kier alpha value is -2.62. The van der Waals surface area contributed by atoms with Gasteiger partial charge in [0.2, 0.25) is 0 Å². The Labute approximate surface area is 200 Å². The van der Waals surface area contributed by atoms with Crippen LogP contribution in [0.5, 0.6) is 0 Å². The third-order valence-electron chi connectivity index (χ3n) is 7.40. The molecule has 0 aromatic heterocycles. The molecule has 170 valence electrons. The van der Waals surface area contributed by atoms with Crippen molar-refractivity contribution < 1.29 is 4.43 Å². The molecule has 0 amide bonds. The summed E-state index contributed by atoms with van der Waals surface area (Å²) in [5.41, 5.74) is 4.29. The molecule has 3 aromatic rings. The molecule has 2 aliphatic rings. The molecule has 0 spiro atoms. The fourth-order valence-corrected chi connectivity index (χ4v) is 10.4. The van der Waals surface area contributed by atoms with Gasteiger partial charge in [0, 0.05) is 18.7 Å². The van der Waals surface area contributed by atoms with Crippen LogP contribution in [-0.2, 0) is 10.8 Å². The molecule has 1 atom stereocenters. The van der Waals surface area contributed by atoms with Gasteiger partial charge in [-0.2, -0.15) is 0 Å². The fourth-order valence-electron chi connectivity index (χ4n) is 5.82. The van der Waals surface area contributed by atoms with Crippen molar-refractivity contribution >= 4 is 24.8 Å². The molecule has 33 heavy (non-hydrogen) atoms. The molecular weight excluding hydrogens is 418 g/mol. The SMILES string of the molecule is CC(C)(C)[Si](OC[C@@H]1CCCN1C1=Cc2ccccc2C1)(c1ccccc1)c1ccccc1. The smallest absolute Gasteiger partial charge is 0.261 e. The van der Waals surface area contributed by atoms with Crippen LogP contribution in [0.25, 0.3) is 6.08 Å². The number of allylic oxidation sites excluding steroid dienone is 1. The molecule has 0 unspecified atom stereocenters. The number of hydrogen-bond donors (Lipinski definition) is 0. The van der Waals surface area contributed by atoms with Crippen molar-refractivity contribution in [3.63, 3.8) is 0 Å². The van der Waals surface area contributed by atoms with E-state index >= 15 is 0 Å². The molecule has 0 radical (unpaired) electrons. The summed E-state index contributed by atoms with van der Waals surface area (Å²) in [4.78, 5) is 2.64. The Morgan fingerprint density at radius 1 is 0.848 bits per heavy atom. The van der Waals surface area contributed by atoms with Crippen molar-refractivity contribution in [3.05, 3.63) is 102 Å². The molecule has 1 saturated heterocycles. The highest BCUT2D eigenvalue weighted by Gasteiger charge is 2.50. The number of hydrogen-bond acceptors (Lipinski definition) is 2. The van der Waals surface area contributed by atoms with Crippen molar-refractivity contribution in [2.45, 2.75) is 51.1 Å². The summed E-state index contributed by atoms with van der Waals surface area (Å²) >= 11 is 0. The predicted octanol–water partition coefficient (Wildman–Crippen LogP) is 5.62. The van der Waals surface area contributed by atoms with Gasteiger partial charge in [0.25, 0.3) is 8.32 Å². The van der Waals surface area contributed by atoms with E-state index in [1.165, 1.54) is 40.0 Å². The number of nitrogens with zero attached hydrogens (tertiary/aromatic N) is 1. The Kier molecular flexibility index (Phi) is 6.02. The molecule has 2 nitrogen and oxygen atoms in total. The molecule has 1 aliphatic heterocycles. The first-order chi connectivity index (χ1) is 16.0. The van der Waals surface area contributed by atoms with Gasteiger partial charge in [-0.3, -0.25) is 0 Å². The van der Waals surface area contributed by atoms with Crippen molar-refractivity contribution in [2.24, 2.45) is 0 Å². The highest BCUT2D eigenvalue weighted by Crippen LogP contribution is 2.38. The Balaban J connectivity index is 1.46. The van der Waals surface area contributed by atoms with Crippen molar-refractivity contribution in [2.75, 3.05) is 13.2 Å². The van der Waals surface area contributed by atoms with Gasteiger partial charge in [0.05, 0.1) is 12.6 Å². The molecule has 1 aliphatic carbocycles. The zero-order chi connectivity index (χ0) is 22.9. The normalized spacial score (nSPS) is 18.3. The van der Waals surface area contributed by atoms with Crippen LogP contribution in [0.3, 0.4) is 0 Å². The predicted molar refractivity (Wildman–Crippen MR) is 141 cm³/mol. The standard InChI is InChI=1S/C30H35NOSi/c1-30(2,3)33(28-16-6-4-7-17-28,29-18-8-5-9-19-29)32-23-26-15-12-20-31(26)27-21-24-13-10-11-14-25(24)22-27/h4-11,13-14,16-19,21,26H,12,15,20,22-23H2,1-3H3/t26-/m0/s1. The maximum Gasteiger partial charge on any atom is 0.261 e. The summed E-state index contributed by atoms with van der Waals surface area (Å²) in [5.74, 6) is 0. The van der Waals surface area contributed by atoms with Gasteiger partial charge in [0.1, 0.15) is 0 Å². The average molecular weight is 454 g/mol. The van der Waals surface area contributed by atoms with E-state index in [-0.39, 0.29) is 5.04 Å². The summed E-state index contributed by atoms with van der Waals surface area (Å²) in [6, 6.07) is 31.3. The van der Waals surface area contributed by atoms with Gasteiger partial charge < -0.3 is 9.33 Å². The lowest BCUT2D eigenvalue weighted by Crippen LogP contribution is -2.67. The lowest BCUT2D eigenvalue weighted by molar-refractivity contribution is 0.193. The van der Waals surface area contributed by atoms with Crippen LogP contribution in [0.4, 0.5) is 0 Å². The largest absolute Gasteiger partial charge is 0.405 e. The minimum Gasteiger partial charge on any atom is -0.405 e.